The van der Waals surface area contributed by atoms with Gasteiger partial charge in [0.25, 0.3) is 0 Å². The van der Waals surface area contributed by atoms with E-state index in [2.05, 4.69) is 24.3 Å². The third-order valence-electron chi connectivity index (χ3n) is 5.57. The van der Waals surface area contributed by atoms with E-state index in [1.54, 1.807) is 0 Å². The summed E-state index contributed by atoms with van der Waals surface area (Å²) in [7, 11) is 0. The molecule has 4 fully saturated rings. The molecule has 4 aliphatic carbocycles. The zero-order chi connectivity index (χ0) is 11.5. The third kappa shape index (κ3) is 1.38. The van der Waals surface area contributed by atoms with Crippen LogP contribution in [-0.2, 0) is 5.41 Å². The minimum Gasteiger partial charge on any atom is -0.398 e. The lowest BCUT2D eigenvalue weighted by atomic mass is 9.48. The predicted octanol–water partition coefficient (Wildman–Crippen LogP) is 3.74. The second kappa shape index (κ2) is 3.28. The van der Waals surface area contributed by atoms with Crippen LogP contribution in [0.2, 0.25) is 0 Å². The van der Waals surface area contributed by atoms with E-state index < -0.39 is 0 Å². The first-order valence-corrected chi connectivity index (χ1v) is 7.10. The quantitative estimate of drug-likeness (QED) is 0.727. The molecule has 2 N–H and O–H groups in total. The van der Waals surface area contributed by atoms with E-state index in [-0.39, 0.29) is 0 Å². The summed E-state index contributed by atoms with van der Waals surface area (Å²) in [5, 5.41) is 0. The summed E-state index contributed by atoms with van der Waals surface area (Å²) in [5.74, 6) is 3.00. The Kier molecular flexibility index (Phi) is 1.93. The second-order valence-electron chi connectivity index (χ2n) is 6.79. The first-order chi connectivity index (χ1) is 8.25. The summed E-state index contributed by atoms with van der Waals surface area (Å²) in [6.45, 7) is 0. The maximum absolute atomic E-state index is 6.24. The molecule has 0 atom stereocenters. The molecule has 4 bridgehead atoms. The molecule has 5 rings (SSSR count). The van der Waals surface area contributed by atoms with Crippen LogP contribution in [0.5, 0.6) is 0 Å². The van der Waals surface area contributed by atoms with Crippen LogP contribution < -0.4 is 5.73 Å². The van der Waals surface area contributed by atoms with E-state index >= 15 is 0 Å². The number of hydrogen-bond acceptors (Lipinski definition) is 1. The lowest BCUT2D eigenvalue weighted by molar-refractivity contribution is -0.00483. The van der Waals surface area contributed by atoms with Gasteiger partial charge in [-0.3, -0.25) is 0 Å². The Hall–Kier alpha value is -0.980. The van der Waals surface area contributed by atoms with E-state index in [0.717, 1.165) is 23.4 Å². The lowest BCUT2D eigenvalue weighted by Crippen LogP contribution is -2.48. The Morgan fingerprint density at radius 1 is 0.882 bits per heavy atom. The molecule has 0 aliphatic heterocycles. The van der Waals surface area contributed by atoms with Gasteiger partial charge in [-0.25, -0.2) is 0 Å². The standard InChI is InChI=1S/C16H21N/c17-15-4-2-1-3-14(15)16-8-11-5-12(9-16)7-13(6-11)10-16/h1-4,11-13H,5-10,17H2. The maximum atomic E-state index is 6.24. The molecule has 0 amide bonds. The van der Waals surface area contributed by atoms with Crippen LogP contribution in [0.25, 0.3) is 0 Å². The van der Waals surface area contributed by atoms with Gasteiger partial charge in [0.1, 0.15) is 0 Å². The Balaban J connectivity index is 1.80. The minimum absolute atomic E-state index is 0.458. The summed E-state index contributed by atoms with van der Waals surface area (Å²) in [6, 6.07) is 8.63. The van der Waals surface area contributed by atoms with Gasteiger partial charge >= 0.3 is 0 Å². The Bertz CT molecular complexity index is 413. The number of nitrogens with two attached hydrogens (primary N) is 1. The van der Waals surface area contributed by atoms with Crippen LogP contribution >= 0.6 is 0 Å². The second-order valence-corrected chi connectivity index (χ2v) is 6.79. The molecule has 17 heavy (non-hydrogen) atoms. The van der Waals surface area contributed by atoms with E-state index in [9.17, 15) is 0 Å². The number of rotatable bonds is 1. The first-order valence-electron chi connectivity index (χ1n) is 7.10. The summed E-state index contributed by atoms with van der Waals surface area (Å²) >= 11 is 0. The Labute approximate surface area is 103 Å². The van der Waals surface area contributed by atoms with Crippen molar-refractivity contribution in [2.75, 3.05) is 5.73 Å². The molecule has 1 aromatic carbocycles. The van der Waals surface area contributed by atoms with E-state index in [1.165, 1.54) is 44.1 Å². The summed E-state index contributed by atoms with van der Waals surface area (Å²) in [6.07, 6.45) is 8.75. The fourth-order valence-corrected chi connectivity index (χ4v) is 5.42. The van der Waals surface area contributed by atoms with Crippen LogP contribution in [0.3, 0.4) is 0 Å². The highest BCUT2D eigenvalue weighted by atomic mass is 14.6. The third-order valence-corrected chi connectivity index (χ3v) is 5.57. The molecule has 1 heteroatoms. The van der Waals surface area contributed by atoms with Gasteiger partial charge in [-0.2, -0.15) is 0 Å². The molecule has 4 aliphatic rings. The molecule has 1 aromatic rings. The smallest absolute Gasteiger partial charge is 0.0352 e. The number of para-hydroxylation sites is 1. The van der Waals surface area contributed by atoms with Crippen molar-refractivity contribution < 1.29 is 0 Å². The van der Waals surface area contributed by atoms with E-state index in [4.69, 9.17) is 5.73 Å². The monoisotopic (exact) mass is 227 g/mol. The van der Waals surface area contributed by atoms with Crippen LogP contribution in [0.1, 0.15) is 44.1 Å². The van der Waals surface area contributed by atoms with E-state index in [1.807, 2.05) is 0 Å². The fraction of sp³-hybridized carbons (Fsp3) is 0.625. The van der Waals surface area contributed by atoms with Gasteiger partial charge in [-0.05, 0) is 73.3 Å². The predicted molar refractivity (Wildman–Crippen MR) is 70.7 cm³/mol. The van der Waals surface area contributed by atoms with Gasteiger partial charge in [0, 0.05) is 5.69 Å². The van der Waals surface area contributed by atoms with Crippen molar-refractivity contribution in [1.82, 2.24) is 0 Å². The van der Waals surface area contributed by atoms with Gasteiger partial charge in [-0.1, -0.05) is 18.2 Å². The van der Waals surface area contributed by atoms with Crippen molar-refractivity contribution in [3.05, 3.63) is 29.8 Å². The maximum Gasteiger partial charge on any atom is 0.0352 e. The molecule has 0 spiro atoms. The van der Waals surface area contributed by atoms with Gasteiger partial charge < -0.3 is 5.73 Å². The highest BCUT2D eigenvalue weighted by molar-refractivity contribution is 5.51. The van der Waals surface area contributed by atoms with Gasteiger partial charge in [0.15, 0.2) is 0 Å². The SMILES string of the molecule is Nc1ccccc1C12CC3CC(CC(C3)C1)C2. The van der Waals surface area contributed by atoms with Gasteiger partial charge in [0.05, 0.1) is 0 Å². The van der Waals surface area contributed by atoms with Crippen molar-refractivity contribution in [2.45, 2.75) is 43.9 Å². The normalized spacial score (nSPS) is 42.9. The van der Waals surface area contributed by atoms with Gasteiger partial charge in [0.2, 0.25) is 0 Å². The van der Waals surface area contributed by atoms with Crippen molar-refractivity contribution in [1.29, 1.82) is 0 Å². The number of benzene rings is 1. The molecule has 0 aromatic heterocycles. The average molecular weight is 227 g/mol. The van der Waals surface area contributed by atoms with E-state index in [0.29, 0.717) is 5.41 Å². The Morgan fingerprint density at radius 2 is 1.41 bits per heavy atom. The lowest BCUT2D eigenvalue weighted by Gasteiger charge is -2.57. The molecular formula is C16H21N. The first kappa shape index (κ1) is 9.99. The molecular weight excluding hydrogens is 206 g/mol. The van der Waals surface area contributed by atoms with Gasteiger partial charge in [-0.15, -0.1) is 0 Å². The van der Waals surface area contributed by atoms with Crippen LogP contribution in [0.15, 0.2) is 24.3 Å². The summed E-state index contributed by atoms with van der Waals surface area (Å²) in [5.41, 5.74) is 9.21. The molecule has 1 nitrogen and oxygen atoms in total. The summed E-state index contributed by atoms with van der Waals surface area (Å²) in [4.78, 5) is 0. The number of hydrogen-bond donors (Lipinski definition) is 1. The van der Waals surface area contributed by atoms with Crippen molar-refractivity contribution >= 4 is 5.69 Å². The molecule has 0 radical (unpaired) electrons. The molecule has 0 heterocycles. The van der Waals surface area contributed by atoms with Crippen molar-refractivity contribution in [2.24, 2.45) is 17.8 Å². The molecule has 90 valence electrons. The minimum atomic E-state index is 0.458. The zero-order valence-corrected chi connectivity index (χ0v) is 10.4. The fourth-order valence-electron chi connectivity index (χ4n) is 5.42. The number of nitrogen functional groups attached to an aromatic ring is 1. The average Bonchev–Trinajstić information content (AvgIpc) is 2.27. The molecule has 4 saturated carbocycles. The van der Waals surface area contributed by atoms with Crippen LogP contribution in [-0.4, -0.2) is 0 Å². The molecule has 0 unspecified atom stereocenters. The Morgan fingerprint density at radius 3 is 1.94 bits per heavy atom. The molecule has 0 saturated heterocycles. The highest BCUT2D eigenvalue weighted by Gasteiger charge is 2.51. The topological polar surface area (TPSA) is 26.0 Å². The van der Waals surface area contributed by atoms with Crippen LogP contribution in [0, 0.1) is 17.8 Å². The number of anilines is 1. The van der Waals surface area contributed by atoms with Crippen LogP contribution in [0.4, 0.5) is 5.69 Å². The van der Waals surface area contributed by atoms with Crippen molar-refractivity contribution in [3.8, 4) is 0 Å². The zero-order valence-electron chi connectivity index (χ0n) is 10.4. The summed E-state index contributed by atoms with van der Waals surface area (Å²) < 4.78 is 0. The van der Waals surface area contributed by atoms with Crippen molar-refractivity contribution in [3.63, 3.8) is 0 Å². The highest BCUT2D eigenvalue weighted by Crippen LogP contribution is 2.61. The largest absolute Gasteiger partial charge is 0.398 e.